The number of benzene rings is 1. The Morgan fingerprint density at radius 2 is 1.69 bits per heavy atom. The van der Waals surface area contributed by atoms with Crippen molar-refractivity contribution in [1.29, 1.82) is 0 Å². The zero-order valence-corrected chi connectivity index (χ0v) is 9.31. The van der Waals surface area contributed by atoms with Crippen LogP contribution in [0, 0.1) is 5.92 Å². The van der Waals surface area contributed by atoms with Crippen LogP contribution in [-0.2, 0) is 9.59 Å². The molecule has 86 valence electrons. The van der Waals surface area contributed by atoms with Gasteiger partial charge >= 0.3 is 11.9 Å². The maximum Gasteiger partial charge on any atom is 0.317 e. The second kappa shape index (κ2) is 6.17. The third-order valence-corrected chi connectivity index (χ3v) is 3.06. The van der Waals surface area contributed by atoms with E-state index in [-0.39, 0.29) is 6.42 Å². The highest BCUT2D eigenvalue weighted by Crippen LogP contribution is 2.20. The number of carboxylic acids is 2. The molecule has 16 heavy (non-hydrogen) atoms. The zero-order valence-electron chi connectivity index (χ0n) is 8.50. The van der Waals surface area contributed by atoms with Gasteiger partial charge in [-0.25, -0.2) is 0 Å². The van der Waals surface area contributed by atoms with Crippen molar-refractivity contribution in [2.24, 2.45) is 5.92 Å². The van der Waals surface area contributed by atoms with Gasteiger partial charge in [0.05, 0.1) is 0 Å². The molecule has 1 aromatic rings. The second-order valence-corrected chi connectivity index (χ2v) is 4.35. The summed E-state index contributed by atoms with van der Waals surface area (Å²) in [4.78, 5) is 22.2. The van der Waals surface area contributed by atoms with Gasteiger partial charge in [-0.2, -0.15) is 0 Å². The van der Waals surface area contributed by atoms with E-state index in [0.717, 1.165) is 4.90 Å². The Hall–Kier alpha value is -1.49. The minimum absolute atomic E-state index is 0.129. The van der Waals surface area contributed by atoms with Crippen LogP contribution in [0.5, 0.6) is 0 Å². The fraction of sp³-hybridized carbons (Fsp3) is 0.273. The van der Waals surface area contributed by atoms with Crippen LogP contribution in [-0.4, -0.2) is 27.9 Å². The van der Waals surface area contributed by atoms with Crippen LogP contribution in [0.3, 0.4) is 0 Å². The summed E-state index contributed by atoms with van der Waals surface area (Å²) in [6.45, 7) is 0. The number of hydrogen-bond donors (Lipinski definition) is 2. The van der Waals surface area contributed by atoms with Crippen LogP contribution in [0.25, 0.3) is 0 Å². The third kappa shape index (κ3) is 3.94. The van der Waals surface area contributed by atoms with Crippen molar-refractivity contribution < 1.29 is 19.8 Å². The quantitative estimate of drug-likeness (QED) is 0.587. The normalized spacial score (nSPS) is 10.3. The lowest BCUT2D eigenvalue weighted by molar-refractivity contribution is -0.154. The molecule has 0 unspecified atom stereocenters. The Morgan fingerprint density at radius 1 is 1.12 bits per heavy atom. The molecule has 0 fully saturated rings. The van der Waals surface area contributed by atoms with E-state index in [1.165, 1.54) is 11.8 Å². The fourth-order valence-corrected chi connectivity index (χ4v) is 2.10. The number of aliphatic carboxylic acids is 2. The van der Waals surface area contributed by atoms with E-state index in [0.29, 0.717) is 5.75 Å². The molecular weight excluding hydrogens is 228 g/mol. The molecular formula is C11H12O4S. The molecule has 0 saturated carbocycles. The van der Waals surface area contributed by atoms with Gasteiger partial charge in [0.15, 0.2) is 5.92 Å². The maximum absolute atomic E-state index is 10.6. The largest absolute Gasteiger partial charge is 0.481 e. The predicted octanol–water partition coefficient (Wildman–Crippen LogP) is 1.95. The second-order valence-electron chi connectivity index (χ2n) is 3.18. The molecule has 0 aromatic heterocycles. The number of rotatable bonds is 6. The summed E-state index contributed by atoms with van der Waals surface area (Å²) in [5, 5.41) is 17.3. The van der Waals surface area contributed by atoms with Gasteiger partial charge in [-0.1, -0.05) is 18.2 Å². The molecule has 0 aliphatic heterocycles. The standard InChI is InChI=1S/C11H12O4S/c12-10(13)9(11(14)15)6-7-16-8-4-2-1-3-5-8/h1-5,9H,6-7H2,(H,12,13)(H,14,15). The molecule has 0 radical (unpaired) electrons. The van der Waals surface area contributed by atoms with Crippen molar-refractivity contribution in [3.05, 3.63) is 30.3 Å². The molecule has 0 saturated heterocycles. The SMILES string of the molecule is O=C(O)C(CCSc1ccccc1)C(=O)O. The van der Waals surface area contributed by atoms with Crippen molar-refractivity contribution in [3.8, 4) is 0 Å². The van der Waals surface area contributed by atoms with Crippen molar-refractivity contribution >= 4 is 23.7 Å². The topological polar surface area (TPSA) is 74.6 Å². The van der Waals surface area contributed by atoms with E-state index in [1.54, 1.807) is 0 Å². The first kappa shape index (κ1) is 12.6. The lowest BCUT2D eigenvalue weighted by Gasteiger charge is -2.06. The van der Waals surface area contributed by atoms with E-state index >= 15 is 0 Å². The molecule has 1 rings (SSSR count). The third-order valence-electron chi connectivity index (χ3n) is 2.01. The number of thioether (sulfide) groups is 1. The Labute approximate surface area is 97.3 Å². The van der Waals surface area contributed by atoms with Gasteiger partial charge in [-0.3, -0.25) is 9.59 Å². The molecule has 0 heterocycles. The molecule has 0 atom stereocenters. The van der Waals surface area contributed by atoms with Gasteiger partial charge in [-0.15, -0.1) is 11.8 Å². The summed E-state index contributed by atoms with van der Waals surface area (Å²) in [5.74, 6) is -3.38. The highest BCUT2D eigenvalue weighted by Gasteiger charge is 2.24. The average Bonchev–Trinajstić information content (AvgIpc) is 2.24. The Morgan fingerprint density at radius 3 is 2.19 bits per heavy atom. The molecule has 4 nitrogen and oxygen atoms in total. The number of carboxylic acid groups (broad SMARTS) is 2. The van der Waals surface area contributed by atoms with E-state index in [4.69, 9.17) is 10.2 Å². The molecule has 0 bridgehead atoms. The van der Waals surface area contributed by atoms with Crippen molar-refractivity contribution in [2.75, 3.05) is 5.75 Å². The van der Waals surface area contributed by atoms with Crippen molar-refractivity contribution in [1.82, 2.24) is 0 Å². The molecule has 0 aliphatic carbocycles. The van der Waals surface area contributed by atoms with Gasteiger partial charge in [0.2, 0.25) is 0 Å². The molecule has 0 spiro atoms. The van der Waals surface area contributed by atoms with Gasteiger partial charge in [-0.05, 0) is 24.3 Å². The van der Waals surface area contributed by atoms with Crippen LogP contribution in [0.15, 0.2) is 35.2 Å². The Balaban J connectivity index is 2.40. The van der Waals surface area contributed by atoms with Crippen LogP contribution in [0.2, 0.25) is 0 Å². The summed E-state index contributed by atoms with van der Waals surface area (Å²) < 4.78 is 0. The minimum atomic E-state index is -1.31. The zero-order chi connectivity index (χ0) is 12.0. The van der Waals surface area contributed by atoms with Crippen LogP contribution in [0.4, 0.5) is 0 Å². The van der Waals surface area contributed by atoms with Crippen molar-refractivity contribution in [3.63, 3.8) is 0 Å². The Bertz CT molecular complexity index is 350. The molecule has 0 amide bonds. The van der Waals surface area contributed by atoms with Crippen LogP contribution < -0.4 is 0 Å². The lowest BCUT2D eigenvalue weighted by atomic mass is 10.1. The first-order valence-corrected chi connectivity index (χ1v) is 5.73. The predicted molar refractivity (Wildman–Crippen MR) is 60.5 cm³/mol. The number of hydrogen-bond acceptors (Lipinski definition) is 3. The molecule has 2 N–H and O–H groups in total. The smallest absolute Gasteiger partial charge is 0.317 e. The van der Waals surface area contributed by atoms with Gasteiger partial charge in [0.25, 0.3) is 0 Å². The van der Waals surface area contributed by atoms with E-state index in [9.17, 15) is 9.59 Å². The minimum Gasteiger partial charge on any atom is -0.481 e. The molecule has 1 aromatic carbocycles. The summed E-state index contributed by atoms with van der Waals surface area (Å²) in [6, 6.07) is 9.46. The van der Waals surface area contributed by atoms with Gasteiger partial charge < -0.3 is 10.2 Å². The monoisotopic (exact) mass is 240 g/mol. The van der Waals surface area contributed by atoms with Crippen LogP contribution in [0.1, 0.15) is 6.42 Å². The van der Waals surface area contributed by atoms with E-state index in [2.05, 4.69) is 0 Å². The maximum atomic E-state index is 10.6. The molecule has 5 heteroatoms. The van der Waals surface area contributed by atoms with Crippen molar-refractivity contribution in [2.45, 2.75) is 11.3 Å². The summed E-state index contributed by atoms with van der Waals surface area (Å²) in [5.41, 5.74) is 0. The fourth-order valence-electron chi connectivity index (χ4n) is 1.16. The van der Waals surface area contributed by atoms with Gasteiger partial charge in [0, 0.05) is 4.90 Å². The lowest BCUT2D eigenvalue weighted by Crippen LogP contribution is -2.23. The average molecular weight is 240 g/mol. The summed E-state index contributed by atoms with van der Waals surface area (Å²) in [7, 11) is 0. The summed E-state index contributed by atoms with van der Waals surface area (Å²) >= 11 is 1.46. The highest BCUT2D eigenvalue weighted by atomic mass is 32.2. The van der Waals surface area contributed by atoms with E-state index in [1.807, 2.05) is 30.3 Å². The molecule has 0 aliphatic rings. The summed E-state index contributed by atoms with van der Waals surface area (Å²) in [6.07, 6.45) is 0.129. The number of carbonyl (C=O) groups is 2. The first-order valence-electron chi connectivity index (χ1n) is 4.74. The Kier molecular flexibility index (Phi) is 4.85. The first-order chi connectivity index (χ1) is 7.61. The van der Waals surface area contributed by atoms with Gasteiger partial charge in [0.1, 0.15) is 0 Å². The highest BCUT2D eigenvalue weighted by molar-refractivity contribution is 7.99. The van der Waals surface area contributed by atoms with Crippen LogP contribution >= 0.6 is 11.8 Å². The van der Waals surface area contributed by atoms with E-state index < -0.39 is 17.9 Å².